The third kappa shape index (κ3) is 3.89. The van der Waals surface area contributed by atoms with Crippen LogP contribution in [0.3, 0.4) is 0 Å². The Morgan fingerprint density at radius 3 is 2.32 bits per heavy atom. The van der Waals surface area contributed by atoms with Crippen LogP contribution < -0.4 is 9.46 Å². The number of carboxylic acids is 1. The number of anilines is 1. The molecule has 0 unspecified atom stereocenters. The molecule has 8 nitrogen and oxygen atoms in total. The number of ether oxygens (including phenoxy) is 2. The molecule has 0 saturated heterocycles. The van der Waals surface area contributed by atoms with Crippen LogP contribution >= 0.6 is 0 Å². The monoisotopic (exact) mass is 365 g/mol. The normalized spacial score (nSPS) is 10.8. The molecule has 0 heterocycles. The first-order valence-corrected chi connectivity index (χ1v) is 8.40. The summed E-state index contributed by atoms with van der Waals surface area (Å²) < 4.78 is 36.9. The number of rotatable bonds is 6. The second kappa shape index (κ2) is 7.22. The molecule has 0 aromatic heterocycles. The summed E-state index contributed by atoms with van der Waals surface area (Å²) in [5.41, 5.74) is -0.255. The second-order valence-corrected chi connectivity index (χ2v) is 6.49. The van der Waals surface area contributed by atoms with Crippen molar-refractivity contribution in [2.45, 2.75) is 4.90 Å². The van der Waals surface area contributed by atoms with Crippen LogP contribution in [0.1, 0.15) is 20.7 Å². The number of methoxy groups -OCH3 is 2. The molecule has 0 spiro atoms. The maximum Gasteiger partial charge on any atom is 0.339 e. The molecule has 0 radical (unpaired) electrons. The van der Waals surface area contributed by atoms with Crippen molar-refractivity contribution < 1.29 is 32.6 Å². The quantitative estimate of drug-likeness (QED) is 0.751. The fourth-order valence-electron chi connectivity index (χ4n) is 2.09. The predicted octanol–water partition coefficient (Wildman–Crippen LogP) is 1.98. The van der Waals surface area contributed by atoms with Crippen LogP contribution in [-0.4, -0.2) is 39.7 Å². The third-order valence-corrected chi connectivity index (χ3v) is 4.65. The number of nitrogens with one attached hydrogen (secondary N) is 1. The van der Waals surface area contributed by atoms with Crippen LogP contribution in [0.4, 0.5) is 5.69 Å². The molecule has 2 rings (SSSR count). The molecule has 0 fully saturated rings. The molecular formula is C16H15NO7S. The number of para-hydroxylation sites is 1. The van der Waals surface area contributed by atoms with Gasteiger partial charge in [-0.3, -0.25) is 4.72 Å². The molecule has 2 N–H and O–H groups in total. The number of sulfonamides is 1. The number of aromatic carboxylic acids is 1. The summed E-state index contributed by atoms with van der Waals surface area (Å²) in [5, 5.41) is 9.17. The van der Waals surface area contributed by atoms with Gasteiger partial charge in [0, 0.05) is 0 Å². The van der Waals surface area contributed by atoms with E-state index < -0.39 is 22.0 Å². The van der Waals surface area contributed by atoms with Crippen molar-refractivity contribution in [2.75, 3.05) is 18.9 Å². The van der Waals surface area contributed by atoms with Gasteiger partial charge in [0.15, 0.2) is 0 Å². The average Bonchev–Trinajstić information content (AvgIpc) is 2.60. The number of hydrogen-bond acceptors (Lipinski definition) is 6. The van der Waals surface area contributed by atoms with Gasteiger partial charge in [-0.25, -0.2) is 18.0 Å². The van der Waals surface area contributed by atoms with Gasteiger partial charge in [0.25, 0.3) is 10.0 Å². The highest BCUT2D eigenvalue weighted by atomic mass is 32.2. The Bertz CT molecular complexity index is 922. The van der Waals surface area contributed by atoms with Crippen molar-refractivity contribution >= 4 is 27.6 Å². The van der Waals surface area contributed by atoms with E-state index in [1.165, 1.54) is 38.5 Å². The summed E-state index contributed by atoms with van der Waals surface area (Å²) in [4.78, 5) is 22.7. The minimum absolute atomic E-state index is 0.0158. The Kier molecular flexibility index (Phi) is 5.28. The largest absolute Gasteiger partial charge is 0.496 e. The Morgan fingerprint density at radius 2 is 1.72 bits per heavy atom. The van der Waals surface area contributed by atoms with Gasteiger partial charge in [0.1, 0.15) is 11.3 Å². The minimum atomic E-state index is -4.14. The van der Waals surface area contributed by atoms with E-state index >= 15 is 0 Å². The Balaban J connectivity index is 2.46. The van der Waals surface area contributed by atoms with Crippen molar-refractivity contribution in [3.63, 3.8) is 0 Å². The van der Waals surface area contributed by atoms with Crippen LogP contribution in [0.25, 0.3) is 0 Å². The smallest absolute Gasteiger partial charge is 0.339 e. The van der Waals surface area contributed by atoms with Crippen LogP contribution in [0.15, 0.2) is 47.4 Å². The lowest BCUT2D eigenvalue weighted by molar-refractivity contribution is 0.0601. The third-order valence-electron chi connectivity index (χ3n) is 3.29. The second-order valence-electron chi connectivity index (χ2n) is 4.81. The summed E-state index contributed by atoms with van der Waals surface area (Å²) in [5.74, 6) is -2.01. The fourth-order valence-corrected chi connectivity index (χ4v) is 3.19. The van der Waals surface area contributed by atoms with E-state index in [2.05, 4.69) is 9.46 Å². The highest BCUT2D eigenvalue weighted by Gasteiger charge is 2.22. The van der Waals surface area contributed by atoms with E-state index in [1.54, 1.807) is 12.1 Å². The first-order chi connectivity index (χ1) is 11.8. The molecule has 0 amide bonds. The number of benzene rings is 2. The van der Waals surface area contributed by atoms with E-state index in [0.717, 1.165) is 6.07 Å². The standard InChI is InChI=1S/C16H15NO7S/c1-23-14-8-7-10(9-12(14)15(18)19)25(21,22)17-13-6-4-3-5-11(13)16(20)24-2/h3-9,17H,1-2H3,(H,18,19). The van der Waals surface area contributed by atoms with Gasteiger partial charge in [-0.15, -0.1) is 0 Å². The molecule has 0 bridgehead atoms. The van der Waals surface area contributed by atoms with Crippen molar-refractivity contribution in [1.82, 2.24) is 0 Å². The average molecular weight is 365 g/mol. The Labute approximate surface area is 144 Å². The van der Waals surface area contributed by atoms with Gasteiger partial charge in [-0.2, -0.15) is 0 Å². The lowest BCUT2D eigenvalue weighted by atomic mass is 10.2. The maximum atomic E-state index is 12.5. The van der Waals surface area contributed by atoms with E-state index in [0.29, 0.717) is 0 Å². The molecule has 25 heavy (non-hydrogen) atoms. The van der Waals surface area contributed by atoms with Gasteiger partial charge < -0.3 is 14.6 Å². The highest BCUT2D eigenvalue weighted by molar-refractivity contribution is 7.92. The summed E-state index contributed by atoms with van der Waals surface area (Å²) >= 11 is 0. The van der Waals surface area contributed by atoms with E-state index in [1.807, 2.05) is 0 Å². The molecule has 0 atom stereocenters. The van der Waals surface area contributed by atoms with E-state index in [9.17, 15) is 18.0 Å². The summed E-state index contributed by atoms with van der Waals surface area (Å²) in [6, 6.07) is 9.32. The molecule has 0 aliphatic rings. The van der Waals surface area contributed by atoms with Gasteiger partial charge in [-0.05, 0) is 30.3 Å². The van der Waals surface area contributed by atoms with Crippen molar-refractivity contribution in [3.05, 3.63) is 53.6 Å². The summed E-state index contributed by atoms with van der Waals surface area (Å²) in [7, 11) is -1.68. The summed E-state index contributed by atoms with van der Waals surface area (Å²) in [6.45, 7) is 0. The van der Waals surface area contributed by atoms with Crippen LogP contribution in [0, 0.1) is 0 Å². The molecule has 0 aliphatic carbocycles. The van der Waals surface area contributed by atoms with Crippen molar-refractivity contribution in [1.29, 1.82) is 0 Å². The van der Waals surface area contributed by atoms with Gasteiger partial charge >= 0.3 is 11.9 Å². The van der Waals surface area contributed by atoms with E-state index in [4.69, 9.17) is 9.84 Å². The molecule has 2 aromatic carbocycles. The van der Waals surface area contributed by atoms with Gasteiger partial charge in [-0.1, -0.05) is 12.1 Å². The molecule has 132 valence electrons. The SMILES string of the molecule is COC(=O)c1ccccc1NS(=O)(=O)c1ccc(OC)c(C(=O)O)c1. The van der Waals surface area contributed by atoms with Gasteiger partial charge in [0.2, 0.25) is 0 Å². The molecular weight excluding hydrogens is 350 g/mol. The lowest BCUT2D eigenvalue weighted by Gasteiger charge is -2.12. The fraction of sp³-hybridized carbons (Fsp3) is 0.125. The van der Waals surface area contributed by atoms with Crippen LogP contribution in [-0.2, 0) is 14.8 Å². The van der Waals surface area contributed by atoms with Crippen LogP contribution in [0.5, 0.6) is 5.75 Å². The topological polar surface area (TPSA) is 119 Å². The van der Waals surface area contributed by atoms with Crippen molar-refractivity contribution in [3.8, 4) is 5.75 Å². The summed E-state index contributed by atoms with van der Waals surface area (Å²) in [6.07, 6.45) is 0. The lowest BCUT2D eigenvalue weighted by Crippen LogP contribution is -2.16. The first-order valence-electron chi connectivity index (χ1n) is 6.91. The molecule has 9 heteroatoms. The number of esters is 1. The molecule has 0 aliphatic heterocycles. The predicted molar refractivity (Wildman–Crippen MR) is 88.5 cm³/mol. The zero-order valence-electron chi connectivity index (χ0n) is 13.3. The Morgan fingerprint density at radius 1 is 1.04 bits per heavy atom. The zero-order valence-corrected chi connectivity index (χ0v) is 14.2. The minimum Gasteiger partial charge on any atom is -0.496 e. The highest BCUT2D eigenvalue weighted by Crippen LogP contribution is 2.25. The number of carbonyl (C=O) groups is 2. The van der Waals surface area contributed by atoms with Crippen molar-refractivity contribution in [2.24, 2.45) is 0 Å². The zero-order chi connectivity index (χ0) is 18.6. The molecule has 0 saturated carbocycles. The van der Waals surface area contributed by atoms with E-state index in [-0.39, 0.29) is 27.5 Å². The van der Waals surface area contributed by atoms with Crippen LogP contribution in [0.2, 0.25) is 0 Å². The number of hydrogen-bond donors (Lipinski definition) is 2. The number of carboxylic acid groups (broad SMARTS) is 1. The number of carbonyl (C=O) groups excluding carboxylic acids is 1. The molecule has 2 aromatic rings. The first kappa shape index (κ1) is 18.3. The Hall–Kier alpha value is -3.07. The van der Waals surface area contributed by atoms with Gasteiger partial charge in [0.05, 0.1) is 30.4 Å². The maximum absolute atomic E-state index is 12.5.